The monoisotopic (exact) mass is 264 g/mol. The van der Waals surface area contributed by atoms with E-state index in [1.165, 1.54) is 18.9 Å². The maximum absolute atomic E-state index is 11.2. The number of hydrogen-bond acceptors (Lipinski definition) is 6. The minimum Gasteiger partial charge on any atom is -0.465 e. The van der Waals surface area contributed by atoms with Crippen LogP contribution in [0.15, 0.2) is 29.4 Å². The lowest BCUT2D eigenvalue weighted by Gasteiger charge is -2.01. The summed E-state index contributed by atoms with van der Waals surface area (Å²) >= 11 is 1.46. The van der Waals surface area contributed by atoms with Crippen LogP contribution in [0.25, 0.3) is 0 Å². The second-order valence-electron chi connectivity index (χ2n) is 3.48. The summed E-state index contributed by atoms with van der Waals surface area (Å²) < 4.78 is 4.63. The van der Waals surface area contributed by atoms with E-state index in [1.807, 2.05) is 12.1 Å². The zero-order valence-electron chi connectivity index (χ0n) is 9.71. The zero-order valence-corrected chi connectivity index (χ0v) is 10.5. The first-order chi connectivity index (χ1) is 8.69. The molecule has 0 aliphatic heterocycles. The first kappa shape index (κ1) is 12.4. The Balaban J connectivity index is 1.96. The third-order valence-electron chi connectivity index (χ3n) is 2.23. The van der Waals surface area contributed by atoms with Gasteiger partial charge in [0.1, 0.15) is 0 Å². The minimum atomic E-state index is -0.337. The number of benzene rings is 1. The molecule has 0 amide bonds. The number of aromatic amines is 1. The fraction of sp³-hybridized carbons (Fsp3) is 0.182. The van der Waals surface area contributed by atoms with Crippen LogP contribution in [0.3, 0.4) is 0 Å². The van der Waals surface area contributed by atoms with Gasteiger partial charge in [0.2, 0.25) is 11.1 Å². The Morgan fingerprint density at radius 3 is 2.72 bits per heavy atom. The molecule has 0 bridgehead atoms. The number of carbonyl (C=O) groups excluding carboxylic acids is 1. The minimum absolute atomic E-state index is 0.304. The number of nitrogen functional groups attached to an aromatic ring is 1. The largest absolute Gasteiger partial charge is 0.465 e. The average molecular weight is 264 g/mol. The summed E-state index contributed by atoms with van der Waals surface area (Å²) in [6, 6.07) is 7.20. The number of nitrogens with two attached hydrogens (primary N) is 1. The number of esters is 1. The number of carbonyl (C=O) groups is 1. The molecule has 0 radical (unpaired) electrons. The van der Waals surface area contributed by atoms with E-state index in [9.17, 15) is 4.79 Å². The number of ether oxygens (including phenoxy) is 1. The lowest BCUT2D eigenvalue weighted by atomic mass is 10.1. The lowest BCUT2D eigenvalue weighted by molar-refractivity contribution is 0.0600. The molecule has 0 aliphatic carbocycles. The molecule has 0 fully saturated rings. The van der Waals surface area contributed by atoms with Crippen LogP contribution in [-0.2, 0) is 10.5 Å². The Morgan fingerprint density at radius 1 is 1.44 bits per heavy atom. The van der Waals surface area contributed by atoms with Gasteiger partial charge in [-0.2, -0.15) is 4.98 Å². The van der Waals surface area contributed by atoms with E-state index in [0.29, 0.717) is 22.4 Å². The molecule has 0 unspecified atom stereocenters. The predicted octanol–water partition coefficient (Wildman–Crippen LogP) is 1.47. The van der Waals surface area contributed by atoms with E-state index in [-0.39, 0.29) is 5.97 Å². The van der Waals surface area contributed by atoms with Crippen molar-refractivity contribution in [2.75, 3.05) is 12.8 Å². The number of hydrogen-bond donors (Lipinski definition) is 2. The second kappa shape index (κ2) is 5.54. The highest BCUT2D eigenvalue weighted by atomic mass is 32.2. The molecule has 7 heteroatoms. The summed E-state index contributed by atoms with van der Waals surface area (Å²) in [7, 11) is 1.36. The van der Waals surface area contributed by atoms with Gasteiger partial charge in [-0.3, -0.25) is 0 Å². The summed E-state index contributed by atoms with van der Waals surface area (Å²) in [5.41, 5.74) is 7.02. The number of nitrogens with zero attached hydrogens (tertiary/aromatic N) is 2. The number of thioether (sulfide) groups is 1. The molecular weight excluding hydrogens is 252 g/mol. The molecule has 0 aliphatic rings. The van der Waals surface area contributed by atoms with Crippen molar-refractivity contribution in [3.8, 4) is 0 Å². The third-order valence-corrected chi connectivity index (χ3v) is 3.14. The molecular formula is C11H12N4O2S. The highest BCUT2D eigenvalue weighted by Gasteiger charge is 2.05. The van der Waals surface area contributed by atoms with E-state index in [4.69, 9.17) is 5.73 Å². The zero-order chi connectivity index (χ0) is 13.0. The van der Waals surface area contributed by atoms with Crippen LogP contribution in [0.1, 0.15) is 15.9 Å². The molecule has 6 nitrogen and oxygen atoms in total. The van der Waals surface area contributed by atoms with Crippen molar-refractivity contribution in [2.24, 2.45) is 0 Å². The Bertz CT molecular complexity index is 538. The third kappa shape index (κ3) is 3.01. The number of anilines is 1. The molecule has 18 heavy (non-hydrogen) atoms. The molecule has 0 atom stereocenters. The van der Waals surface area contributed by atoms with Gasteiger partial charge in [-0.15, -0.1) is 5.10 Å². The lowest BCUT2D eigenvalue weighted by Crippen LogP contribution is -2.00. The molecule has 2 aromatic rings. The van der Waals surface area contributed by atoms with E-state index >= 15 is 0 Å². The number of nitrogens with one attached hydrogen (secondary N) is 1. The molecule has 94 valence electrons. The molecule has 1 heterocycles. The van der Waals surface area contributed by atoms with E-state index in [2.05, 4.69) is 19.9 Å². The number of methoxy groups -OCH3 is 1. The van der Waals surface area contributed by atoms with Crippen LogP contribution >= 0.6 is 11.8 Å². The maximum atomic E-state index is 11.2. The van der Waals surface area contributed by atoms with Gasteiger partial charge in [0, 0.05) is 5.75 Å². The fourth-order valence-corrected chi connectivity index (χ4v) is 2.09. The average Bonchev–Trinajstić information content (AvgIpc) is 2.82. The van der Waals surface area contributed by atoms with E-state index in [0.717, 1.165) is 5.56 Å². The van der Waals surface area contributed by atoms with Crippen molar-refractivity contribution in [3.05, 3.63) is 35.4 Å². The standard InChI is InChI=1S/C11H12N4O2S/c1-17-9(16)8-4-2-7(3-5-8)6-18-11-13-10(12)14-15-11/h2-5H,6H2,1H3,(H3,12,13,14,15). The molecule has 1 aromatic heterocycles. The van der Waals surface area contributed by atoms with Crippen molar-refractivity contribution < 1.29 is 9.53 Å². The summed E-state index contributed by atoms with van der Waals surface area (Å²) in [5, 5.41) is 7.09. The molecule has 2 rings (SSSR count). The molecule has 0 spiro atoms. The predicted molar refractivity (Wildman–Crippen MR) is 68.1 cm³/mol. The quantitative estimate of drug-likeness (QED) is 0.641. The van der Waals surface area contributed by atoms with Crippen LogP contribution in [-0.4, -0.2) is 28.3 Å². The SMILES string of the molecule is COC(=O)c1ccc(CSc2n[nH]c(N)n2)cc1. The number of H-pyrrole nitrogens is 1. The number of aromatic nitrogens is 3. The maximum Gasteiger partial charge on any atom is 0.337 e. The summed E-state index contributed by atoms with van der Waals surface area (Å²) in [6.07, 6.45) is 0. The van der Waals surface area contributed by atoms with Crippen LogP contribution < -0.4 is 5.73 Å². The van der Waals surface area contributed by atoms with Crippen LogP contribution in [0, 0.1) is 0 Å². The molecule has 0 saturated heterocycles. The van der Waals surface area contributed by atoms with Crippen molar-refractivity contribution in [1.29, 1.82) is 0 Å². The molecule has 1 aromatic carbocycles. The molecule has 3 N–H and O–H groups in total. The van der Waals surface area contributed by atoms with Crippen LogP contribution in [0.4, 0.5) is 5.95 Å². The summed E-state index contributed by atoms with van der Waals surface area (Å²) in [6.45, 7) is 0. The second-order valence-corrected chi connectivity index (χ2v) is 4.42. The van der Waals surface area contributed by atoms with Crippen LogP contribution in [0.2, 0.25) is 0 Å². The van der Waals surface area contributed by atoms with Gasteiger partial charge in [0.25, 0.3) is 0 Å². The van der Waals surface area contributed by atoms with Crippen molar-refractivity contribution in [1.82, 2.24) is 15.2 Å². The Kier molecular flexibility index (Phi) is 3.83. The van der Waals surface area contributed by atoms with Gasteiger partial charge in [0.05, 0.1) is 12.7 Å². The van der Waals surface area contributed by atoms with Gasteiger partial charge in [-0.25, -0.2) is 9.89 Å². The Hall–Kier alpha value is -2.02. The molecule has 0 saturated carbocycles. The Labute approximate surface area is 108 Å². The van der Waals surface area contributed by atoms with Crippen molar-refractivity contribution >= 4 is 23.7 Å². The Morgan fingerprint density at radius 2 is 2.17 bits per heavy atom. The normalized spacial score (nSPS) is 10.3. The highest BCUT2D eigenvalue weighted by molar-refractivity contribution is 7.98. The van der Waals surface area contributed by atoms with Gasteiger partial charge >= 0.3 is 5.97 Å². The first-order valence-corrected chi connectivity index (χ1v) is 6.15. The van der Waals surface area contributed by atoms with Gasteiger partial charge in [-0.05, 0) is 17.7 Å². The number of rotatable bonds is 4. The van der Waals surface area contributed by atoms with Gasteiger partial charge in [-0.1, -0.05) is 23.9 Å². The van der Waals surface area contributed by atoms with Crippen molar-refractivity contribution in [2.45, 2.75) is 10.9 Å². The van der Waals surface area contributed by atoms with E-state index < -0.39 is 0 Å². The van der Waals surface area contributed by atoms with Crippen LogP contribution in [0.5, 0.6) is 0 Å². The van der Waals surface area contributed by atoms with Crippen molar-refractivity contribution in [3.63, 3.8) is 0 Å². The summed E-state index contributed by atoms with van der Waals surface area (Å²) in [4.78, 5) is 15.2. The van der Waals surface area contributed by atoms with E-state index in [1.54, 1.807) is 12.1 Å². The van der Waals surface area contributed by atoms with Gasteiger partial charge < -0.3 is 10.5 Å². The smallest absolute Gasteiger partial charge is 0.337 e. The summed E-state index contributed by atoms with van der Waals surface area (Å²) in [5.74, 6) is 0.674. The fourth-order valence-electron chi connectivity index (χ4n) is 1.33. The van der Waals surface area contributed by atoms with Gasteiger partial charge in [0.15, 0.2) is 0 Å². The first-order valence-electron chi connectivity index (χ1n) is 5.17. The highest BCUT2D eigenvalue weighted by Crippen LogP contribution is 2.19. The topological polar surface area (TPSA) is 93.9 Å².